The van der Waals surface area contributed by atoms with Gasteiger partial charge in [-0.3, -0.25) is 4.72 Å². The molecule has 2 aromatic rings. The van der Waals surface area contributed by atoms with E-state index in [-0.39, 0.29) is 5.69 Å². The lowest BCUT2D eigenvalue weighted by Crippen LogP contribution is -2.19. The van der Waals surface area contributed by atoms with Crippen LogP contribution in [0, 0.1) is 29.1 Å². The van der Waals surface area contributed by atoms with Crippen LogP contribution in [0.1, 0.15) is 19.8 Å². The molecule has 0 saturated heterocycles. The summed E-state index contributed by atoms with van der Waals surface area (Å²) in [6.07, 6.45) is 1.73. The largest absolute Gasteiger partial charge is 0.494 e. The van der Waals surface area contributed by atoms with Crippen LogP contribution in [0.4, 0.5) is 27.6 Å². The summed E-state index contributed by atoms with van der Waals surface area (Å²) in [7, 11) is -5.06. The number of halogens is 5. The van der Waals surface area contributed by atoms with Gasteiger partial charge < -0.3 is 4.74 Å². The van der Waals surface area contributed by atoms with Crippen LogP contribution < -0.4 is 9.46 Å². The Morgan fingerprint density at radius 3 is 1.88 bits per heavy atom. The molecule has 10 heteroatoms. The van der Waals surface area contributed by atoms with Gasteiger partial charge in [-0.2, -0.15) is 0 Å². The van der Waals surface area contributed by atoms with Crippen molar-refractivity contribution in [3.63, 3.8) is 0 Å². The Bertz CT molecular complexity index is 872. The van der Waals surface area contributed by atoms with Crippen LogP contribution in [0.2, 0.25) is 0 Å². The molecule has 0 fully saturated rings. The number of nitrogens with one attached hydrogen (secondary N) is 1. The predicted octanol–water partition coefficient (Wildman–Crippen LogP) is 4.36. The van der Waals surface area contributed by atoms with Crippen molar-refractivity contribution in [2.45, 2.75) is 24.7 Å². The summed E-state index contributed by atoms with van der Waals surface area (Å²) in [6, 6.07) is 5.24. The smallest absolute Gasteiger partial charge is 0.267 e. The van der Waals surface area contributed by atoms with Gasteiger partial charge in [-0.15, -0.1) is 0 Å². The van der Waals surface area contributed by atoms with E-state index < -0.39 is 44.0 Å². The minimum Gasteiger partial charge on any atom is -0.494 e. The van der Waals surface area contributed by atoms with E-state index in [1.54, 1.807) is 4.72 Å². The standard InChI is InChI=1S/C16H14F5NO3S/c1-2-3-8-25-10-6-4-9(5-7-10)22-26(23,24)16-14(20)12(18)11(17)13(19)15(16)21/h4-7,22H,2-3,8H2,1H3. The van der Waals surface area contributed by atoms with Gasteiger partial charge in [0, 0.05) is 5.69 Å². The first-order valence-corrected chi connectivity index (χ1v) is 8.94. The number of hydrogen-bond donors (Lipinski definition) is 1. The topological polar surface area (TPSA) is 55.4 Å². The molecule has 0 radical (unpaired) electrons. The summed E-state index contributed by atoms with van der Waals surface area (Å²) in [5, 5.41) is 0. The Labute approximate surface area is 146 Å². The second-order valence-electron chi connectivity index (χ2n) is 5.23. The maximum atomic E-state index is 13.7. The maximum absolute atomic E-state index is 13.7. The van der Waals surface area contributed by atoms with E-state index in [4.69, 9.17) is 4.74 Å². The molecule has 0 spiro atoms. The van der Waals surface area contributed by atoms with Crippen molar-refractivity contribution < 1.29 is 35.1 Å². The molecule has 0 aliphatic rings. The highest BCUT2D eigenvalue weighted by Crippen LogP contribution is 2.28. The molecule has 0 heterocycles. The Hall–Kier alpha value is -2.36. The molecule has 0 atom stereocenters. The Balaban J connectivity index is 2.30. The summed E-state index contributed by atoms with van der Waals surface area (Å²) < 4.78 is 98.1. The summed E-state index contributed by atoms with van der Waals surface area (Å²) in [5.74, 6) is -11.6. The number of unbranched alkanes of at least 4 members (excludes halogenated alkanes) is 1. The Morgan fingerprint density at radius 1 is 0.885 bits per heavy atom. The first-order valence-electron chi connectivity index (χ1n) is 7.46. The molecule has 26 heavy (non-hydrogen) atoms. The van der Waals surface area contributed by atoms with Crippen molar-refractivity contribution in [2.75, 3.05) is 11.3 Å². The molecule has 0 unspecified atom stereocenters. The Morgan fingerprint density at radius 2 is 1.38 bits per heavy atom. The molecule has 0 saturated carbocycles. The molecular weight excluding hydrogens is 381 g/mol. The van der Waals surface area contributed by atoms with Crippen LogP contribution in [0.25, 0.3) is 0 Å². The minimum atomic E-state index is -5.06. The van der Waals surface area contributed by atoms with E-state index in [9.17, 15) is 30.4 Å². The van der Waals surface area contributed by atoms with Crippen molar-refractivity contribution in [1.82, 2.24) is 0 Å². The van der Waals surface area contributed by atoms with Gasteiger partial charge in [-0.1, -0.05) is 13.3 Å². The molecule has 0 amide bonds. The highest BCUT2D eigenvalue weighted by molar-refractivity contribution is 7.92. The zero-order valence-electron chi connectivity index (χ0n) is 13.5. The lowest BCUT2D eigenvalue weighted by molar-refractivity contribution is 0.309. The van der Waals surface area contributed by atoms with E-state index in [0.29, 0.717) is 12.4 Å². The second-order valence-corrected chi connectivity index (χ2v) is 6.85. The van der Waals surface area contributed by atoms with Crippen LogP contribution in [0.5, 0.6) is 5.75 Å². The average Bonchev–Trinajstić information content (AvgIpc) is 2.59. The van der Waals surface area contributed by atoms with Gasteiger partial charge in [0.1, 0.15) is 5.75 Å². The molecule has 0 aliphatic heterocycles. The summed E-state index contributed by atoms with van der Waals surface area (Å²) >= 11 is 0. The van der Waals surface area contributed by atoms with Gasteiger partial charge in [0.2, 0.25) is 5.82 Å². The van der Waals surface area contributed by atoms with E-state index in [2.05, 4.69) is 0 Å². The van der Waals surface area contributed by atoms with Crippen LogP contribution in [-0.4, -0.2) is 15.0 Å². The highest BCUT2D eigenvalue weighted by atomic mass is 32.2. The van der Waals surface area contributed by atoms with E-state index in [0.717, 1.165) is 12.8 Å². The molecule has 0 aromatic heterocycles. The normalized spacial score (nSPS) is 11.5. The summed E-state index contributed by atoms with van der Waals surface area (Å²) in [5.41, 5.74) is -0.142. The third-order valence-electron chi connectivity index (χ3n) is 3.31. The zero-order chi connectivity index (χ0) is 19.5. The Kier molecular flexibility index (Phi) is 6.06. The van der Waals surface area contributed by atoms with Crippen molar-refractivity contribution in [3.05, 3.63) is 53.4 Å². The number of benzene rings is 2. The van der Waals surface area contributed by atoms with Gasteiger partial charge in [0.15, 0.2) is 28.2 Å². The molecule has 2 rings (SSSR count). The molecular formula is C16H14F5NO3S. The zero-order valence-corrected chi connectivity index (χ0v) is 14.3. The van der Waals surface area contributed by atoms with Crippen molar-refractivity contribution in [1.29, 1.82) is 0 Å². The van der Waals surface area contributed by atoms with Gasteiger partial charge in [-0.25, -0.2) is 30.4 Å². The van der Waals surface area contributed by atoms with Crippen molar-refractivity contribution in [3.8, 4) is 5.75 Å². The number of rotatable bonds is 7. The predicted molar refractivity (Wildman–Crippen MR) is 83.9 cm³/mol. The van der Waals surface area contributed by atoms with Gasteiger partial charge in [0.05, 0.1) is 6.61 Å². The monoisotopic (exact) mass is 395 g/mol. The number of sulfonamides is 1. The third kappa shape index (κ3) is 4.06. The third-order valence-corrected chi connectivity index (χ3v) is 4.71. The van der Waals surface area contributed by atoms with E-state index in [1.807, 2.05) is 6.92 Å². The van der Waals surface area contributed by atoms with E-state index >= 15 is 0 Å². The molecule has 1 N–H and O–H groups in total. The SMILES string of the molecule is CCCCOc1ccc(NS(=O)(=O)c2c(F)c(F)c(F)c(F)c2F)cc1. The van der Waals surface area contributed by atoms with Gasteiger partial charge >= 0.3 is 0 Å². The molecule has 142 valence electrons. The summed E-state index contributed by atoms with van der Waals surface area (Å²) in [4.78, 5) is -1.95. The fourth-order valence-electron chi connectivity index (χ4n) is 1.98. The lowest BCUT2D eigenvalue weighted by atomic mass is 10.3. The quantitative estimate of drug-likeness (QED) is 0.328. The lowest BCUT2D eigenvalue weighted by Gasteiger charge is -2.12. The fourth-order valence-corrected chi connectivity index (χ4v) is 3.18. The first-order chi connectivity index (χ1) is 12.2. The molecule has 0 bridgehead atoms. The first kappa shape index (κ1) is 20.0. The van der Waals surface area contributed by atoms with Gasteiger partial charge in [0.25, 0.3) is 10.0 Å². The highest BCUT2D eigenvalue weighted by Gasteiger charge is 2.33. The number of ether oxygens (including phenoxy) is 1. The van der Waals surface area contributed by atoms with Gasteiger partial charge in [-0.05, 0) is 30.7 Å². The average molecular weight is 395 g/mol. The number of anilines is 1. The molecule has 0 aliphatic carbocycles. The minimum absolute atomic E-state index is 0.142. The summed E-state index contributed by atoms with van der Waals surface area (Å²) in [6.45, 7) is 2.42. The van der Waals surface area contributed by atoms with Crippen LogP contribution in [-0.2, 0) is 10.0 Å². The van der Waals surface area contributed by atoms with Crippen molar-refractivity contribution >= 4 is 15.7 Å². The fraction of sp³-hybridized carbons (Fsp3) is 0.250. The van der Waals surface area contributed by atoms with Crippen LogP contribution in [0.3, 0.4) is 0 Å². The van der Waals surface area contributed by atoms with E-state index in [1.165, 1.54) is 24.3 Å². The van der Waals surface area contributed by atoms with Crippen LogP contribution in [0.15, 0.2) is 29.2 Å². The number of hydrogen-bond acceptors (Lipinski definition) is 3. The molecule has 2 aromatic carbocycles. The second kappa shape index (κ2) is 7.90. The maximum Gasteiger partial charge on any atom is 0.267 e. The van der Waals surface area contributed by atoms with Crippen molar-refractivity contribution in [2.24, 2.45) is 0 Å². The van der Waals surface area contributed by atoms with Crippen LogP contribution >= 0.6 is 0 Å². The molecule has 4 nitrogen and oxygen atoms in total.